The highest BCUT2D eigenvalue weighted by Gasteiger charge is 1.99. The minimum atomic E-state index is -0.133. The van der Waals surface area contributed by atoms with Gasteiger partial charge in [0.1, 0.15) is 5.17 Å². The Morgan fingerprint density at radius 1 is 1.29 bits per heavy atom. The van der Waals surface area contributed by atoms with E-state index >= 15 is 0 Å². The molecule has 0 aliphatic heterocycles. The molecule has 2 rings (SSSR count). The van der Waals surface area contributed by atoms with Crippen molar-refractivity contribution < 1.29 is 0 Å². The van der Waals surface area contributed by atoms with Gasteiger partial charge in [0.15, 0.2) is 0 Å². The molecule has 2 aromatic rings. The first-order valence-electron chi connectivity index (χ1n) is 4.04. The summed E-state index contributed by atoms with van der Waals surface area (Å²) < 4.78 is 0. The summed E-state index contributed by atoms with van der Waals surface area (Å²) in [6.07, 6.45) is 0. The second-order valence-corrected chi connectivity index (χ2v) is 3.32. The van der Waals surface area contributed by atoms with Crippen LogP contribution in [-0.2, 0) is 0 Å². The minimum Gasteiger partial charge on any atom is -0.322 e. The summed E-state index contributed by atoms with van der Waals surface area (Å²) in [6, 6.07) is 8.36. The maximum Gasteiger partial charge on any atom is 0.248 e. The average molecular weight is 207 g/mol. The Bertz CT molecular complexity index is 559. The Hall–Kier alpha value is -1.61. The smallest absolute Gasteiger partial charge is 0.248 e. The first-order valence-corrected chi connectivity index (χ1v) is 4.42. The lowest BCUT2D eigenvalue weighted by Gasteiger charge is -1.99. The number of nitrogens with one attached hydrogen (secondary N) is 2. The van der Waals surface area contributed by atoms with Crippen molar-refractivity contribution in [3.05, 3.63) is 46.2 Å². The zero-order valence-electron chi connectivity index (χ0n) is 7.17. The highest BCUT2D eigenvalue weighted by atomic mass is 35.5. The van der Waals surface area contributed by atoms with Gasteiger partial charge in [-0.3, -0.25) is 10.2 Å². The fourth-order valence-corrected chi connectivity index (χ4v) is 1.41. The lowest BCUT2D eigenvalue weighted by molar-refractivity contribution is 1.31. The molecule has 4 heteroatoms. The van der Waals surface area contributed by atoms with Crippen LogP contribution < -0.4 is 5.56 Å². The quantitative estimate of drug-likeness (QED) is 0.690. The molecule has 0 atom stereocenters. The number of fused-ring (bicyclic) bond motifs is 1. The average Bonchev–Trinajstić information content (AvgIpc) is 2.16. The van der Waals surface area contributed by atoms with Gasteiger partial charge in [0.2, 0.25) is 5.56 Å². The fourth-order valence-electron chi connectivity index (χ4n) is 1.29. The minimum absolute atomic E-state index is 0.00176. The first kappa shape index (κ1) is 8.97. The standard InChI is InChI=1S/C10H7ClN2O/c11-10(12)7-1-3-8-6(5-7)2-4-9(14)13-8/h1-5,12H,(H,13,14). The zero-order valence-corrected chi connectivity index (χ0v) is 7.93. The first-order chi connectivity index (χ1) is 6.66. The Morgan fingerprint density at radius 2 is 2.07 bits per heavy atom. The molecule has 3 nitrogen and oxygen atoms in total. The van der Waals surface area contributed by atoms with Crippen molar-refractivity contribution in [3.8, 4) is 0 Å². The highest BCUT2D eigenvalue weighted by molar-refractivity contribution is 6.68. The second-order valence-electron chi connectivity index (χ2n) is 2.94. The molecule has 0 radical (unpaired) electrons. The van der Waals surface area contributed by atoms with E-state index in [1.54, 1.807) is 24.3 Å². The van der Waals surface area contributed by atoms with Gasteiger partial charge in [0.25, 0.3) is 0 Å². The van der Waals surface area contributed by atoms with Gasteiger partial charge in [-0.05, 0) is 29.7 Å². The monoisotopic (exact) mass is 206 g/mol. The van der Waals surface area contributed by atoms with E-state index in [4.69, 9.17) is 17.0 Å². The predicted molar refractivity (Wildman–Crippen MR) is 57.3 cm³/mol. The molecule has 14 heavy (non-hydrogen) atoms. The molecular formula is C10H7ClN2O. The highest BCUT2D eigenvalue weighted by Crippen LogP contribution is 2.13. The van der Waals surface area contributed by atoms with Crippen molar-refractivity contribution in [2.75, 3.05) is 0 Å². The topological polar surface area (TPSA) is 56.7 Å². The molecule has 0 saturated carbocycles. The molecular weight excluding hydrogens is 200 g/mol. The molecule has 0 spiro atoms. The third kappa shape index (κ3) is 1.54. The van der Waals surface area contributed by atoms with Crippen LogP contribution in [0.1, 0.15) is 5.56 Å². The van der Waals surface area contributed by atoms with E-state index in [9.17, 15) is 4.79 Å². The maximum absolute atomic E-state index is 11.0. The maximum atomic E-state index is 11.0. The van der Waals surface area contributed by atoms with Crippen molar-refractivity contribution in [3.63, 3.8) is 0 Å². The number of pyridine rings is 1. The van der Waals surface area contributed by atoms with Crippen molar-refractivity contribution in [2.45, 2.75) is 0 Å². The van der Waals surface area contributed by atoms with Crippen LogP contribution in [0.5, 0.6) is 0 Å². The number of hydrogen-bond donors (Lipinski definition) is 2. The van der Waals surface area contributed by atoms with E-state index in [2.05, 4.69) is 4.98 Å². The summed E-state index contributed by atoms with van der Waals surface area (Å²) >= 11 is 5.55. The molecule has 1 aromatic heterocycles. The van der Waals surface area contributed by atoms with Crippen molar-refractivity contribution in [1.82, 2.24) is 4.98 Å². The Balaban J connectivity index is 2.73. The van der Waals surface area contributed by atoms with E-state index in [-0.39, 0.29) is 10.7 Å². The molecule has 0 aliphatic carbocycles. The van der Waals surface area contributed by atoms with E-state index < -0.39 is 0 Å². The molecule has 0 unspecified atom stereocenters. The van der Waals surface area contributed by atoms with Crippen LogP contribution in [0.2, 0.25) is 0 Å². The molecule has 0 fully saturated rings. The molecule has 1 heterocycles. The molecule has 2 N–H and O–H groups in total. The van der Waals surface area contributed by atoms with Crippen LogP contribution in [0.15, 0.2) is 35.1 Å². The Kier molecular flexibility index (Phi) is 2.09. The molecule has 1 aromatic carbocycles. The number of H-pyrrole nitrogens is 1. The summed E-state index contributed by atoms with van der Waals surface area (Å²) in [6.45, 7) is 0. The predicted octanol–water partition coefficient (Wildman–Crippen LogP) is 2.09. The third-order valence-corrected chi connectivity index (χ3v) is 2.20. The number of halogens is 1. The largest absolute Gasteiger partial charge is 0.322 e. The zero-order chi connectivity index (χ0) is 10.1. The van der Waals surface area contributed by atoms with Gasteiger partial charge in [-0.1, -0.05) is 11.6 Å². The van der Waals surface area contributed by atoms with Crippen molar-refractivity contribution >= 4 is 27.7 Å². The van der Waals surface area contributed by atoms with E-state index in [0.717, 1.165) is 10.9 Å². The van der Waals surface area contributed by atoms with E-state index in [1.807, 2.05) is 0 Å². The summed E-state index contributed by atoms with van der Waals surface area (Å²) in [7, 11) is 0. The number of aromatic amines is 1. The fraction of sp³-hybridized carbons (Fsp3) is 0. The number of aromatic nitrogens is 1. The van der Waals surface area contributed by atoms with Gasteiger partial charge in [0, 0.05) is 17.1 Å². The van der Waals surface area contributed by atoms with E-state index in [1.165, 1.54) is 6.07 Å². The summed E-state index contributed by atoms with van der Waals surface area (Å²) in [4.78, 5) is 13.7. The van der Waals surface area contributed by atoms with Crippen LogP contribution in [0.4, 0.5) is 0 Å². The van der Waals surface area contributed by atoms with Gasteiger partial charge < -0.3 is 4.98 Å². The van der Waals surface area contributed by atoms with Gasteiger partial charge in [0.05, 0.1) is 0 Å². The second kappa shape index (κ2) is 3.27. The molecule has 0 amide bonds. The van der Waals surface area contributed by atoms with Gasteiger partial charge in [-0.2, -0.15) is 0 Å². The van der Waals surface area contributed by atoms with Crippen LogP contribution in [0, 0.1) is 5.41 Å². The van der Waals surface area contributed by atoms with Gasteiger partial charge in [-0.25, -0.2) is 0 Å². The van der Waals surface area contributed by atoms with Crippen LogP contribution >= 0.6 is 11.6 Å². The van der Waals surface area contributed by atoms with Crippen molar-refractivity contribution in [2.24, 2.45) is 0 Å². The summed E-state index contributed by atoms with van der Waals surface area (Å²) in [5.41, 5.74) is 1.26. The molecule has 70 valence electrons. The number of benzene rings is 1. The van der Waals surface area contributed by atoms with Gasteiger partial charge in [-0.15, -0.1) is 0 Å². The van der Waals surface area contributed by atoms with Crippen LogP contribution in [-0.4, -0.2) is 10.2 Å². The summed E-state index contributed by atoms with van der Waals surface area (Å²) in [5.74, 6) is 0. The normalized spacial score (nSPS) is 10.4. The molecule has 0 bridgehead atoms. The van der Waals surface area contributed by atoms with Crippen molar-refractivity contribution in [1.29, 1.82) is 5.41 Å². The lowest BCUT2D eigenvalue weighted by atomic mass is 10.1. The van der Waals surface area contributed by atoms with E-state index in [0.29, 0.717) is 5.56 Å². The molecule has 0 aliphatic rings. The SMILES string of the molecule is N=C(Cl)c1ccc2[nH]c(=O)ccc2c1. The summed E-state index contributed by atoms with van der Waals surface area (Å²) in [5, 5.41) is 8.11. The van der Waals surface area contributed by atoms with Crippen LogP contribution in [0.3, 0.4) is 0 Å². The third-order valence-electron chi connectivity index (χ3n) is 1.98. The number of rotatable bonds is 1. The van der Waals surface area contributed by atoms with Gasteiger partial charge >= 0.3 is 0 Å². The lowest BCUT2D eigenvalue weighted by Crippen LogP contribution is -2.02. The number of hydrogen-bond acceptors (Lipinski definition) is 2. The van der Waals surface area contributed by atoms with Crippen LogP contribution in [0.25, 0.3) is 10.9 Å². The molecule has 0 saturated heterocycles. The Labute approximate surface area is 84.8 Å². The Morgan fingerprint density at radius 3 is 2.79 bits per heavy atom.